The van der Waals surface area contributed by atoms with Gasteiger partial charge >= 0.3 is 0 Å². The Bertz CT molecular complexity index is 1700. The molecule has 0 atom stereocenters. The maximum Gasteiger partial charge on any atom is 0.255 e. The highest BCUT2D eigenvalue weighted by molar-refractivity contribution is 6.04. The Hall–Kier alpha value is -5.24. The fourth-order valence-corrected chi connectivity index (χ4v) is 4.11. The number of carbonyl (C=O) groups is 1. The van der Waals surface area contributed by atoms with Crippen molar-refractivity contribution in [3.05, 3.63) is 78.5 Å². The van der Waals surface area contributed by atoms with E-state index in [2.05, 4.69) is 51.6 Å². The molecular weight excluding hydrogens is 468 g/mol. The van der Waals surface area contributed by atoms with Gasteiger partial charge in [0.25, 0.3) is 5.91 Å². The molecule has 11 nitrogen and oxygen atoms in total. The third kappa shape index (κ3) is 4.10. The number of pyridine rings is 3. The first kappa shape index (κ1) is 22.2. The number of aromatic amines is 1. The minimum absolute atomic E-state index is 0.310. The van der Waals surface area contributed by atoms with Crippen LogP contribution in [0.15, 0.2) is 61.6 Å². The predicted octanol–water partition coefficient (Wildman–Crippen LogP) is 4.06. The van der Waals surface area contributed by atoms with Crippen molar-refractivity contribution in [1.82, 2.24) is 34.9 Å². The standard InChI is InChI=1S/C26H20N10O/c1-15-19(36-23-18(3-2-7-29-23)21-22-24(33-13-31-21)34-14-32-22)10-17(11-30-15)35-25(37)16-4-8-28-20(9-16)26(12-27)5-6-26/h2-4,7-11,13-14H,5-6H2,1H3,(H,29,36)(H,35,37)(H,31,32,33,34). The monoisotopic (exact) mass is 488 g/mol. The summed E-state index contributed by atoms with van der Waals surface area (Å²) in [4.78, 5) is 42.2. The summed E-state index contributed by atoms with van der Waals surface area (Å²) in [6.45, 7) is 1.86. The van der Waals surface area contributed by atoms with E-state index < -0.39 is 5.41 Å². The van der Waals surface area contributed by atoms with E-state index >= 15 is 0 Å². The molecular formula is C26H20N10O. The number of anilines is 3. The van der Waals surface area contributed by atoms with E-state index in [1.807, 2.05) is 19.1 Å². The lowest BCUT2D eigenvalue weighted by atomic mass is 10.0. The zero-order valence-electron chi connectivity index (χ0n) is 19.7. The highest BCUT2D eigenvalue weighted by Crippen LogP contribution is 2.46. The number of rotatable bonds is 6. The van der Waals surface area contributed by atoms with Crippen molar-refractivity contribution in [3.63, 3.8) is 0 Å². The summed E-state index contributed by atoms with van der Waals surface area (Å²) >= 11 is 0. The first-order valence-electron chi connectivity index (χ1n) is 11.6. The Labute approximate surface area is 211 Å². The van der Waals surface area contributed by atoms with Crippen molar-refractivity contribution in [2.24, 2.45) is 0 Å². The van der Waals surface area contributed by atoms with Gasteiger partial charge in [0.2, 0.25) is 0 Å². The van der Waals surface area contributed by atoms with E-state index in [1.54, 1.807) is 43.1 Å². The van der Waals surface area contributed by atoms with Crippen LogP contribution in [-0.4, -0.2) is 40.8 Å². The number of imidazole rings is 1. The zero-order valence-corrected chi connectivity index (χ0v) is 19.7. The molecule has 0 saturated heterocycles. The third-order valence-electron chi connectivity index (χ3n) is 6.36. The van der Waals surface area contributed by atoms with Crippen molar-refractivity contribution in [2.75, 3.05) is 10.6 Å². The van der Waals surface area contributed by atoms with E-state index in [-0.39, 0.29) is 5.91 Å². The number of nitrogens with zero attached hydrogens (tertiary/aromatic N) is 7. The molecule has 0 spiro atoms. The van der Waals surface area contributed by atoms with Gasteiger partial charge in [-0.3, -0.25) is 14.8 Å². The Morgan fingerprint density at radius 1 is 1.08 bits per heavy atom. The molecule has 0 aliphatic heterocycles. The van der Waals surface area contributed by atoms with Crippen LogP contribution >= 0.6 is 0 Å². The number of nitrogens with one attached hydrogen (secondary N) is 3. The minimum Gasteiger partial charge on any atom is -0.341 e. The maximum atomic E-state index is 13.0. The Balaban J connectivity index is 1.28. The fraction of sp³-hybridized carbons (Fsp3) is 0.154. The molecule has 0 aromatic carbocycles. The van der Waals surface area contributed by atoms with Gasteiger partial charge in [0.15, 0.2) is 5.65 Å². The molecule has 0 radical (unpaired) electrons. The molecule has 3 N–H and O–H groups in total. The molecule has 11 heteroatoms. The molecule has 5 aromatic heterocycles. The van der Waals surface area contributed by atoms with Crippen LogP contribution in [0.25, 0.3) is 22.4 Å². The van der Waals surface area contributed by atoms with Crippen LogP contribution in [0.5, 0.6) is 0 Å². The van der Waals surface area contributed by atoms with Gasteiger partial charge < -0.3 is 15.6 Å². The normalized spacial score (nSPS) is 13.6. The highest BCUT2D eigenvalue weighted by atomic mass is 16.1. The lowest BCUT2D eigenvalue weighted by Crippen LogP contribution is -2.15. The van der Waals surface area contributed by atoms with Crippen LogP contribution in [0.2, 0.25) is 0 Å². The number of carbonyl (C=O) groups excluding carboxylic acids is 1. The van der Waals surface area contributed by atoms with Crippen LogP contribution in [0.1, 0.15) is 34.6 Å². The Kier molecular flexibility index (Phi) is 5.27. The summed E-state index contributed by atoms with van der Waals surface area (Å²) < 4.78 is 0. The van der Waals surface area contributed by atoms with E-state index in [9.17, 15) is 10.1 Å². The summed E-state index contributed by atoms with van der Waals surface area (Å²) in [6.07, 6.45) is 9.39. The van der Waals surface area contributed by atoms with Gasteiger partial charge in [-0.25, -0.2) is 19.9 Å². The number of aryl methyl sites for hydroxylation is 1. The van der Waals surface area contributed by atoms with Gasteiger partial charge in [0, 0.05) is 23.5 Å². The first-order chi connectivity index (χ1) is 18.1. The van der Waals surface area contributed by atoms with Crippen LogP contribution < -0.4 is 10.6 Å². The SMILES string of the molecule is Cc1ncc(NC(=O)c2ccnc(C3(C#N)CC3)c2)cc1Nc1ncccc1-c1ncnc2nc[nH]c12. The van der Waals surface area contributed by atoms with E-state index in [4.69, 9.17) is 0 Å². The van der Waals surface area contributed by atoms with E-state index in [0.29, 0.717) is 45.3 Å². The van der Waals surface area contributed by atoms with Crippen LogP contribution in [0, 0.1) is 18.3 Å². The number of amides is 1. The molecule has 5 heterocycles. The topological polar surface area (TPSA) is 158 Å². The highest BCUT2D eigenvalue weighted by Gasteiger charge is 2.46. The maximum absolute atomic E-state index is 13.0. The summed E-state index contributed by atoms with van der Waals surface area (Å²) in [6, 6.07) is 11.2. The summed E-state index contributed by atoms with van der Waals surface area (Å²) in [7, 11) is 0. The average Bonchev–Trinajstić information content (AvgIpc) is 3.59. The summed E-state index contributed by atoms with van der Waals surface area (Å²) in [5, 5.41) is 15.7. The van der Waals surface area contributed by atoms with Crippen molar-refractivity contribution < 1.29 is 4.79 Å². The Morgan fingerprint density at radius 3 is 2.81 bits per heavy atom. The molecule has 1 aliphatic rings. The zero-order chi connectivity index (χ0) is 25.4. The number of aromatic nitrogens is 7. The van der Waals surface area contributed by atoms with Gasteiger partial charge in [-0.2, -0.15) is 5.26 Å². The first-order valence-corrected chi connectivity index (χ1v) is 11.6. The number of H-pyrrole nitrogens is 1. The molecule has 1 fully saturated rings. The Morgan fingerprint density at radius 2 is 1.97 bits per heavy atom. The van der Waals surface area contributed by atoms with Crippen molar-refractivity contribution in [1.29, 1.82) is 5.26 Å². The van der Waals surface area contributed by atoms with Crippen LogP contribution in [0.4, 0.5) is 17.2 Å². The third-order valence-corrected chi connectivity index (χ3v) is 6.36. The second-order valence-corrected chi connectivity index (χ2v) is 8.78. The van der Waals surface area contributed by atoms with E-state index in [1.165, 1.54) is 6.33 Å². The van der Waals surface area contributed by atoms with Crippen molar-refractivity contribution >= 4 is 34.3 Å². The molecule has 5 aromatic rings. The number of hydrogen-bond acceptors (Lipinski definition) is 9. The minimum atomic E-state index is -0.565. The van der Waals surface area contributed by atoms with Gasteiger partial charge in [0.1, 0.15) is 23.4 Å². The molecule has 6 rings (SSSR count). The van der Waals surface area contributed by atoms with Crippen LogP contribution in [0.3, 0.4) is 0 Å². The van der Waals surface area contributed by atoms with Gasteiger partial charge in [-0.05, 0) is 50.1 Å². The number of fused-ring (bicyclic) bond motifs is 1. The summed E-state index contributed by atoms with van der Waals surface area (Å²) in [5.41, 5.74) is 5.07. The lowest BCUT2D eigenvalue weighted by molar-refractivity contribution is 0.102. The van der Waals surface area contributed by atoms with Crippen LogP contribution in [-0.2, 0) is 5.41 Å². The largest absolute Gasteiger partial charge is 0.341 e. The number of hydrogen-bond donors (Lipinski definition) is 3. The molecule has 0 bridgehead atoms. The smallest absolute Gasteiger partial charge is 0.255 e. The van der Waals surface area contributed by atoms with Gasteiger partial charge in [-0.15, -0.1) is 0 Å². The molecule has 1 aliphatic carbocycles. The average molecular weight is 489 g/mol. The lowest BCUT2D eigenvalue weighted by Gasteiger charge is -2.14. The second-order valence-electron chi connectivity index (χ2n) is 8.78. The predicted molar refractivity (Wildman–Crippen MR) is 136 cm³/mol. The van der Waals surface area contributed by atoms with E-state index in [0.717, 1.165) is 24.1 Å². The van der Waals surface area contributed by atoms with Gasteiger partial charge in [0.05, 0.1) is 46.8 Å². The fourth-order valence-electron chi connectivity index (χ4n) is 4.11. The molecule has 1 saturated carbocycles. The molecule has 0 unspecified atom stereocenters. The second kappa shape index (κ2) is 8.76. The summed E-state index contributed by atoms with van der Waals surface area (Å²) in [5.74, 6) is 0.255. The quantitative estimate of drug-likeness (QED) is 0.320. The van der Waals surface area contributed by atoms with Crippen molar-refractivity contribution in [2.45, 2.75) is 25.2 Å². The molecule has 1 amide bonds. The molecule has 37 heavy (non-hydrogen) atoms. The molecule has 180 valence electrons. The number of nitriles is 1. The van der Waals surface area contributed by atoms with Crippen molar-refractivity contribution in [3.8, 4) is 17.3 Å². The van der Waals surface area contributed by atoms with Gasteiger partial charge in [-0.1, -0.05) is 0 Å².